The van der Waals surface area contributed by atoms with Crippen LogP contribution >= 0.6 is 15.9 Å². The zero-order valence-corrected chi connectivity index (χ0v) is 12.2. The predicted octanol–water partition coefficient (Wildman–Crippen LogP) is 2.62. The Bertz CT molecular complexity index is 696. The summed E-state index contributed by atoms with van der Waals surface area (Å²) < 4.78 is 12.0. The van der Waals surface area contributed by atoms with E-state index < -0.39 is 5.97 Å². The predicted molar refractivity (Wildman–Crippen MR) is 74.4 cm³/mol. The molecule has 104 valence electrons. The molecule has 0 saturated carbocycles. The van der Waals surface area contributed by atoms with Gasteiger partial charge in [0.2, 0.25) is 0 Å². The average molecular weight is 339 g/mol. The van der Waals surface area contributed by atoms with Gasteiger partial charge in [-0.25, -0.2) is 4.79 Å². The summed E-state index contributed by atoms with van der Waals surface area (Å²) in [6.45, 7) is 2.92. The third-order valence-electron chi connectivity index (χ3n) is 3.08. The third kappa shape index (κ3) is 2.03. The number of aromatic amines is 1. The van der Waals surface area contributed by atoms with E-state index in [-0.39, 0.29) is 5.69 Å². The SMILES string of the molecule is Cc1c(Br)c(-c2cc(C(=O)O)[nH]n2)cc2c1OCCO2. The molecule has 0 radical (unpaired) electrons. The number of fused-ring (bicyclic) bond motifs is 1. The number of ether oxygens (including phenoxy) is 2. The van der Waals surface area contributed by atoms with Gasteiger partial charge >= 0.3 is 5.97 Å². The molecular formula is C13H11BrN2O4. The zero-order valence-electron chi connectivity index (χ0n) is 10.6. The Hall–Kier alpha value is -2.02. The Kier molecular flexibility index (Phi) is 3.13. The Balaban J connectivity index is 2.13. The maximum absolute atomic E-state index is 10.9. The number of carboxylic acids is 1. The highest BCUT2D eigenvalue weighted by Gasteiger charge is 2.21. The largest absolute Gasteiger partial charge is 0.486 e. The quantitative estimate of drug-likeness (QED) is 0.879. The van der Waals surface area contributed by atoms with Crippen LogP contribution in [-0.4, -0.2) is 34.5 Å². The highest BCUT2D eigenvalue weighted by atomic mass is 79.9. The van der Waals surface area contributed by atoms with Crippen molar-refractivity contribution >= 4 is 21.9 Å². The van der Waals surface area contributed by atoms with Crippen LogP contribution in [0.1, 0.15) is 16.1 Å². The van der Waals surface area contributed by atoms with Crippen molar-refractivity contribution in [2.45, 2.75) is 6.92 Å². The summed E-state index contributed by atoms with van der Waals surface area (Å²) in [5.74, 6) is 0.307. The van der Waals surface area contributed by atoms with Crippen molar-refractivity contribution in [2.24, 2.45) is 0 Å². The molecular weight excluding hydrogens is 328 g/mol. The summed E-state index contributed by atoms with van der Waals surface area (Å²) in [6, 6.07) is 3.28. The van der Waals surface area contributed by atoms with Gasteiger partial charge in [0, 0.05) is 15.6 Å². The fourth-order valence-corrected chi connectivity index (χ4v) is 2.58. The molecule has 6 nitrogen and oxygen atoms in total. The maximum Gasteiger partial charge on any atom is 0.353 e. The van der Waals surface area contributed by atoms with Crippen LogP contribution in [0.5, 0.6) is 11.5 Å². The normalized spacial score (nSPS) is 13.3. The van der Waals surface area contributed by atoms with Crippen LogP contribution in [-0.2, 0) is 0 Å². The number of aromatic carboxylic acids is 1. The van der Waals surface area contributed by atoms with E-state index in [0.29, 0.717) is 30.4 Å². The molecule has 0 aliphatic carbocycles. The van der Waals surface area contributed by atoms with Gasteiger partial charge in [0.05, 0.1) is 5.69 Å². The number of hydrogen-bond acceptors (Lipinski definition) is 4. The zero-order chi connectivity index (χ0) is 14.3. The van der Waals surface area contributed by atoms with Crippen molar-refractivity contribution in [3.63, 3.8) is 0 Å². The number of nitrogens with zero attached hydrogens (tertiary/aromatic N) is 1. The second kappa shape index (κ2) is 4.82. The van der Waals surface area contributed by atoms with Crippen LogP contribution in [0.25, 0.3) is 11.3 Å². The lowest BCUT2D eigenvalue weighted by Gasteiger charge is -2.22. The smallest absolute Gasteiger partial charge is 0.353 e. The van der Waals surface area contributed by atoms with Crippen molar-refractivity contribution in [2.75, 3.05) is 13.2 Å². The number of H-pyrrole nitrogens is 1. The summed E-state index contributed by atoms with van der Waals surface area (Å²) >= 11 is 3.51. The lowest BCUT2D eigenvalue weighted by Crippen LogP contribution is -2.16. The molecule has 0 saturated heterocycles. The Morgan fingerprint density at radius 2 is 2.15 bits per heavy atom. The first-order valence-corrected chi connectivity index (χ1v) is 6.75. The van der Waals surface area contributed by atoms with E-state index in [4.69, 9.17) is 14.6 Å². The fourth-order valence-electron chi connectivity index (χ4n) is 2.08. The monoisotopic (exact) mass is 338 g/mol. The van der Waals surface area contributed by atoms with Crippen LogP contribution < -0.4 is 9.47 Å². The van der Waals surface area contributed by atoms with Gasteiger partial charge in [-0.05, 0) is 35.0 Å². The molecule has 0 spiro atoms. The number of rotatable bonds is 2. The molecule has 3 rings (SSSR count). The van der Waals surface area contributed by atoms with E-state index in [9.17, 15) is 4.79 Å². The number of carbonyl (C=O) groups is 1. The molecule has 0 atom stereocenters. The third-order valence-corrected chi connectivity index (χ3v) is 4.10. The molecule has 1 aromatic carbocycles. The summed E-state index contributed by atoms with van der Waals surface area (Å²) in [4.78, 5) is 10.9. The summed E-state index contributed by atoms with van der Waals surface area (Å²) in [7, 11) is 0. The molecule has 1 aliphatic rings. The van der Waals surface area contributed by atoms with Gasteiger partial charge in [0.25, 0.3) is 0 Å². The van der Waals surface area contributed by atoms with Crippen molar-refractivity contribution in [1.82, 2.24) is 10.2 Å². The van der Waals surface area contributed by atoms with Gasteiger partial charge in [-0.1, -0.05) is 0 Å². The lowest BCUT2D eigenvalue weighted by atomic mass is 10.1. The van der Waals surface area contributed by atoms with Gasteiger partial charge < -0.3 is 14.6 Å². The van der Waals surface area contributed by atoms with E-state index >= 15 is 0 Å². The molecule has 2 N–H and O–H groups in total. The van der Waals surface area contributed by atoms with Gasteiger partial charge in [-0.15, -0.1) is 0 Å². The molecule has 1 aromatic heterocycles. The number of nitrogens with one attached hydrogen (secondary N) is 1. The molecule has 2 heterocycles. The number of benzene rings is 1. The lowest BCUT2D eigenvalue weighted by molar-refractivity contribution is 0.0690. The molecule has 0 unspecified atom stereocenters. The fraction of sp³-hybridized carbons (Fsp3) is 0.231. The van der Waals surface area contributed by atoms with Gasteiger partial charge in [-0.3, -0.25) is 5.10 Å². The highest BCUT2D eigenvalue weighted by Crippen LogP contribution is 2.43. The second-order valence-electron chi connectivity index (χ2n) is 4.36. The van der Waals surface area contributed by atoms with E-state index in [1.807, 2.05) is 6.92 Å². The van der Waals surface area contributed by atoms with Crippen molar-refractivity contribution in [1.29, 1.82) is 0 Å². The molecule has 20 heavy (non-hydrogen) atoms. The van der Waals surface area contributed by atoms with Gasteiger partial charge in [-0.2, -0.15) is 5.10 Å². The van der Waals surface area contributed by atoms with E-state index in [1.165, 1.54) is 6.07 Å². The summed E-state index contributed by atoms with van der Waals surface area (Å²) in [5.41, 5.74) is 2.24. The first-order valence-electron chi connectivity index (χ1n) is 5.95. The van der Waals surface area contributed by atoms with Gasteiger partial charge in [0.15, 0.2) is 11.5 Å². The van der Waals surface area contributed by atoms with Crippen LogP contribution in [0.15, 0.2) is 16.6 Å². The molecule has 0 bridgehead atoms. The van der Waals surface area contributed by atoms with Gasteiger partial charge in [0.1, 0.15) is 18.9 Å². The minimum absolute atomic E-state index is 0.0412. The minimum Gasteiger partial charge on any atom is -0.486 e. The molecule has 0 amide bonds. The molecule has 1 aliphatic heterocycles. The Morgan fingerprint density at radius 1 is 1.40 bits per heavy atom. The standard InChI is InChI=1S/C13H11BrN2O4/c1-6-11(14)7(4-10-12(6)20-3-2-19-10)8-5-9(13(17)18)16-15-8/h4-5H,2-3H2,1H3,(H,15,16)(H,17,18). The average Bonchev–Trinajstić information content (AvgIpc) is 2.92. The van der Waals surface area contributed by atoms with Crippen molar-refractivity contribution in [3.8, 4) is 22.8 Å². The first kappa shape index (κ1) is 13.0. The van der Waals surface area contributed by atoms with Crippen LogP contribution in [0.3, 0.4) is 0 Å². The topological polar surface area (TPSA) is 84.4 Å². The number of hydrogen-bond donors (Lipinski definition) is 2. The molecule has 7 heteroatoms. The first-order chi connectivity index (χ1) is 9.58. The molecule has 0 fully saturated rings. The Morgan fingerprint density at radius 3 is 2.85 bits per heavy atom. The highest BCUT2D eigenvalue weighted by molar-refractivity contribution is 9.10. The van der Waals surface area contributed by atoms with Crippen LogP contribution in [0, 0.1) is 6.92 Å². The van der Waals surface area contributed by atoms with Crippen LogP contribution in [0.2, 0.25) is 0 Å². The van der Waals surface area contributed by atoms with Crippen molar-refractivity contribution < 1.29 is 19.4 Å². The van der Waals surface area contributed by atoms with E-state index in [2.05, 4.69) is 26.1 Å². The van der Waals surface area contributed by atoms with E-state index in [1.54, 1.807) is 6.07 Å². The summed E-state index contributed by atoms with van der Waals surface area (Å²) in [6.07, 6.45) is 0. The summed E-state index contributed by atoms with van der Waals surface area (Å²) in [5, 5.41) is 15.4. The maximum atomic E-state index is 10.9. The van der Waals surface area contributed by atoms with Crippen LogP contribution in [0.4, 0.5) is 0 Å². The number of halogens is 1. The van der Waals surface area contributed by atoms with Crippen molar-refractivity contribution in [3.05, 3.63) is 27.9 Å². The number of carboxylic acid groups (broad SMARTS) is 1. The Labute approximate surface area is 122 Å². The molecule has 2 aromatic rings. The minimum atomic E-state index is -1.05. The second-order valence-corrected chi connectivity index (χ2v) is 5.15. The number of aromatic nitrogens is 2. The van der Waals surface area contributed by atoms with E-state index in [0.717, 1.165) is 15.6 Å².